The molecule has 0 radical (unpaired) electrons. The Morgan fingerprint density at radius 1 is 1.24 bits per heavy atom. The molecule has 1 atom stereocenters. The average molecular weight is 510 g/mol. The minimum atomic E-state index is -3.96. The Balaban J connectivity index is 1.53. The number of carbonyl (C=O) groups is 2. The number of halogens is 2. The van der Waals surface area contributed by atoms with Crippen molar-refractivity contribution >= 4 is 66.7 Å². The fourth-order valence-electron chi connectivity index (χ4n) is 3.74. The van der Waals surface area contributed by atoms with Gasteiger partial charge in [-0.3, -0.25) is 9.59 Å². The Labute approximate surface area is 199 Å². The molecule has 1 aliphatic rings. The maximum Gasteiger partial charge on any atom is 0.250 e. The van der Waals surface area contributed by atoms with E-state index in [4.69, 9.17) is 11.6 Å². The summed E-state index contributed by atoms with van der Waals surface area (Å²) in [5.41, 5.74) is 0.409. The van der Waals surface area contributed by atoms with Crippen molar-refractivity contribution in [1.82, 2.24) is 4.72 Å². The van der Waals surface area contributed by atoms with E-state index in [1.165, 1.54) is 28.0 Å². The van der Waals surface area contributed by atoms with Crippen molar-refractivity contribution in [3.63, 3.8) is 0 Å². The Morgan fingerprint density at radius 2 is 2.00 bits per heavy atom. The molecule has 1 fully saturated rings. The summed E-state index contributed by atoms with van der Waals surface area (Å²) in [4.78, 5) is 26.8. The van der Waals surface area contributed by atoms with E-state index < -0.39 is 27.8 Å². The van der Waals surface area contributed by atoms with Crippen molar-refractivity contribution in [2.24, 2.45) is 0 Å². The summed E-state index contributed by atoms with van der Waals surface area (Å²) in [5.74, 6) is -1.20. The molecule has 7 nitrogen and oxygen atoms in total. The standard InChI is InChI=1S/C22H21ClFN3O4S2/c1-13(2)27(12-28)16-5-6-19(17(24)11-16)26-8-7-18(22(26)29)25-33(30,31)21-9-14-3-4-15(23)10-20(14)32-21/h3-6,9-13,18,25H,7-8H2,1-2H3/t18-/m0/s1. The molecule has 0 spiro atoms. The number of nitrogens with one attached hydrogen (secondary N) is 1. The number of thiophene rings is 1. The van der Waals surface area contributed by atoms with Crippen LogP contribution in [0.2, 0.25) is 5.02 Å². The zero-order valence-corrected chi connectivity index (χ0v) is 20.2. The van der Waals surface area contributed by atoms with E-state index in [0.29, 0.717) is 17.1 Å². The van der Waals surface area contributed by atoms with Gasteiger partial charge in [-0.15, -0.1) is 11.3 Å². The minimum absolute atomic E-state index is 0.0385. The van der Waals surface area contributed by atoms with E-state index in [0.717, 1.165) is 21.4 Å². The zero-order valence-electron chi connectivity index (χ0n) is 17.8. The van der Waals surface area contributed by atoms with E-state index in [9.17, 15) is 22.4 Å². The van der Waals surface area contributed by atoms with E-state index >= 15 is 0 Å². The molecule has 0 aliphatic carbocycles. The van der Waals surface area contributed by atoms with Crippen molar-refractivity contribution in [2.75, 3.05) is 16.3 Å². The molecule has 174 valence electrons. The number of anilines is 2. The van der Waals surface area contributed by atoms with Crippen LogP contribution in [0, 0.1) is 5.82 Å². The van der Waals surface area contributed by atoms with Gasteiger partial charge in [0, 0.05) is 28.0 Å². The summed E-state index contributed by atoms with van der Waals surface area (Å²) in [6.45, 7) is 3.75. The topological polar surface area (TPSA) is 86.8 Å². The van der Waals surface area contributed by atoms with Gasteiger partial charge >= 0.3 is 0 Å². The maximum atomic E-state index is 14.8. The molecule has 0 saturated carbocycles. The molecule has 2 heterocycles. The molecule has 2 aromatic carbocycles. The lowest BCUT2D eigenvalue weighted by Crippen LogP contribution is -2.41. The molecule has 0 bridgehead atoms. The highest BCUT2D eigenvalue weighted by atomic mass is 35.5. The molecule has 2 amide bonds. The molecule has 3 aromatic rings. The summed E-state index contributed by atoms with van der Waals surface area (Å²) >= 11 is 7.04. The predicted molar refractivity (Wildman–Crippen MR) is 128 cm³/mol. The van der Waals surface area contributed by atoms with Crippen LogP contribution in [0.15, 0.2) is 46.7 Å². The van der Waals surface area contributed by atoms with Crippen molar-refractivity contribution < 1.29 is 22.4 Å². The van der Waals surface area contributed by atoms with E-state index in [-0.39, 0.29) is 28.9 Å². The molecule has 1 aliphatic heterocycles. The second-order valence-electron chi connectivity index (χ2n) is 7.94. The molecule has 11 heteroatoms. The highest BCUT2D eigenvalue weighted by molar-refractivity contribution is 7.91. The van der Waals surface area contributed by atoms with Gasteiger partial charge in [-0.25, -0.2) is 12.8 Å². The van der Waals surface area contributed by atoms with Crippen LogP contribution >= 0.6 is 22.9 Å². The first-order valence-electron chi connectivity index (χ1n) is 10.2. The number of fused-ring (bicyclic) bond motifs is 1. The minimum Gasteiger partial charge on any atom is -0.312 e. The van der Waals surface area contributed by atoms with Crippen LogP contribution in [0.1, 0.15) is 20.3 Å². The van der Waals surface area contributed by atoms with E-state index in [2.05, 4.69) is 4.72 Å². The second kappa shape index (κ2) is 9.02. The maximum absolute atomic E-state index is 14.8. The fourth-order valence-corrected chi connectivity index (χ4v) is 6.66. The van der Waals surface area contributed by atoms with Gasteiger partial charge in [-0.05, 0) is 62.1 Å². The lowest BCUT2D eigenvalue weighted by Gasteiger charge is -2.24. The molecule has 33 heavy (non-hydrogen) atoms. The van der Waals surface area contributed by atoms with Crippen molar-refractivity contribution in [3.05, 3.63) is 53.3 Å². The highest BCUT2D eigenvalue weighted by Gasteiger charge is 2.37. The molecule has 1 N–H and O–H groups in total. The summed E-state index contributed by atoms with van der Waals surface area (Å²) < 4.78 is 43.9. The number of hydrogen-bond acceptors (Lipinski definition) is 5. The van der Waals surface area contributed by atoms with Crippen molar-refractivity contribution in [2.45, 2.75) is 36.6 Å². The van der Waals surface area contributed by atoms with E-state index in [1.54, 1.807) is 38.1 Å². The highest BCUT2D eigenvalue weighted by Crippen LogP contribution is 2.32. The molecule has 0 unspecified atom stereocenters. The van der Waals surface area contributed by atoms with Crippen LogP contribution in [-0.4, -0.2) is 39.4 Å². The molecule has 4 rings (SSSR count). The van der Waals surface area contributed by atoms with Crippen molar-refractivity contribution in [1.29, 1.82) is 0 Å². The Kier molecular flexibility index (Phi) is 6.45. The largest absolute Gasteiger partial charge is 0.312 e. The van der Waals surface area contributed by atoms with Crippen LogP contribution in [-0.2, 0) is 19.6 Å². The van der Waals surface area contributed by atoms with Crippen LogP contribution in [0.25, 0.3) is 10.1 Å². The first-order valence-corrected chi connectivity index (χ1v) is 12.8. The third-order valence-corrected chi connectivity index (χ3v) is 8.70. The van der Waals surface area contributed by atoms with Crippen LogP contribution in [0.5, 0.6) is 0 Å². The van der Waals surface area contributed by atoms with Gasteiger partial charge in [-0.1, -0.05) is 17.7 Å². The molecule has 1 aromatic heterocycles. The number of carbonyl (C=O) groups excluding carboxylic acids is 2. The lowest BCUT2D eigenvalue weighted by atomic mass is 10.2. The number of benzene rings is 2. The summed E-state index contributed by atoms with van der Waals surface area (Å²) in [5, 5.41) is 1.23. The van der Waals surface area contributed by atoms with Crippen LogP contribution in [0.4, 0.5) is 15.8 Å². The summed E-state index contributed by atoms with van der Waals surface area (Å²) in [6.07, 6.45) is 0.815. The first-order chi connectivity index (χ1) is 15.6. The monoisotopic (exact) mass is 509 g/mol. The van der Waals surface area contributed by atoms with E-state index in [1.807, 2.05) is 0 Å². The zero-order chi connectivity index (χ0) is 23.9. The Hall–Kier alpha value is -2.53. The quantitative estimate of drug-likeness (QED) is 0.485. The lowest BCUT2D eigenvalue weighted by molar-refractivity contribution is -0.118. The number of sulfonamides is 1. The van der Waals surface area contributed by atoms with Gasteiger partial charge < -0.3 is 9.80 Å². The van der Waals surface area contributed by atoms with Gasteiger partial charge in [0.05, 0.1) is 5.69 Å². The number of hydrogen-bond donors (Lipinski definition) is 1. The number of nitrogens with zero attached hydrogens (tertiary/aromatic N) is 2. The van der Waals surface area contributed by atoms with Gasteiger partial charge in [0.25, 0.3) is 10.0 Å². The number of rotatable bonds is 7. The fraction of sp³-hybridized carbons (Fsp3) is 0.273. The second-order valence-corrected chi connectivity index (χ2v) is 11.4. The van der Waals surface area contributed by atoms with Gasteiger partial charge in [0.2, 0.25) is 12.3 Å². The third-order valence-electron chi connectivity index (χ3n) is 5.42. The van der Waals surface area contributed by atoms with Crippen LogP contribution in [0.3, 0.4) is 0 Å². The average Bonchev–Trinajstić information content (AvgIpc) is 3.32. The first kappa shape index (κ1) is 23.6. The Morgan fingerprint density at radius 3 is 2.67 bits per heavy atom. The van der Waals surface area contributed by atoms with Crippen molar-refractivity contribution in [3.8, 4) is 0 Å². The van der Waals surface area contributed by atoms with Gasteiger partial charge in [-0.2, -0.15) is 4.72 Å². The third kappa shape index (κ3) is 4.61. The summed E-state index contributed by atoms with van der Waals surface area (Å²) in [7, 11) is -3.96. The SMILES string of the molecule is CC(C)N(C=O)c1ccc(N2CC[C@H](NS(=O)(=O)c3cc4ccc(Cl)cc4s3)C2=O)c(F)c1. The smallest absolute Gasteiger partial charge is 0.250 e. The predicted octanol–water partition coefficient (Wildman–Crippen LogP) is 4.15. The van der Waals surface area contributed by atoms with Gasteiger partial charge in [0.1, 0.15) is 16.1 Å². The molecular formula is C22H21ClFN3O4S2. The van der Waals surface area contributed by atoms with Gasteiger partial charge in [0.15, 0.2) is 0 Å². The number of amides is 2. The molecular weight excluding hydrogens is 489 g/mol. The summed E-state index contributed by atoms with van der Waals surface area (Å²) in [6, 6.07) is 9.61. The van der Waals surface area contributed by atoms with Crippen LogP contribution < -0.4 is 14.5 Å². The normalized spacial score (nSPS) is 16.7. The molecule has 1 saturated heterocycles. The Bertz CT molecular complexity index is 1340.